The zero-order chi connectivity index (χ0) is 17.8. The van der Waals surface area contributed by atoms with Crippen LogP contribution in [0.3, 0.4) is 0 Å². The molecular formula is C20H21N3O2. The van der Waals surface area contributed by atoms with Crippen molar-refractivity contribution >= 4 is 5.91 Å². The Hall–Kier alpha value is -2.87. The van der Waals surface area contributed by atoms with Crippen molar-refractivity contribution in [2.45, 2.75) is 44.9 Å². The SMILES string of the molecule is C[C@@H](Oc1ccc(C#N)cc1)C(=O)N(C1CC1)[C@@H](C)c1cccnc1. The summed E-state index contributed by atoms with van der Waals surface area (Å²) in [5.74, 6) is 0.563. The van der Waals surface area contributed by atoms with Crippen molar-refractivity contribution in [2.24, 2.45) is 0 Å². The van der Waals surface area contributed by atoms with Crippen molar-refractivity contribution in [3.8, 4) is 11.8 Å². The highest BCUT2D eigenvalue weighted by Crippen LogP contribution is 2.35. The van der Waals surface area contributed by atoms with Gasteiger partial charge in [0.2, 0.25) is 0 Å². The molecule has 128 valence electrons. The highest BCUT2D eigenvalue weighted by atomic mass is 16.5. The number of hydrogen-bond donors (Lipinski definition) is 0. The number of carbonyl (C=O) groups excluding carboxylic acids is 1. The second kappa shape index (κ2) is 7.35. The molecule has 0 N–H and O–H groups in total. The first-order chi connectivity index (χ1) is 12.1. The molecule has 2 atom stereocenters. The molecular weight excluding hydrogens is 314 g/mol. The van der Waals surface area contributed by atoms with Gasteiger partial charge in [0.05, 0.1) is 17.7 Å². The summed E-state index contributed by atoms with van der Waals surface area (Å²) in [4.78, 5) is 19.1. The van der Waals surface area contributed by atoms with E-state index in [0.717, 1.165) is 18.4 Å². The Morgan fingerprint density at radius 1 is 1.28 bits per heavy atom. The minimum atomic E-state index is -0.590. The first-order valence-electron chi connectivity index (χ1n) is 8.49. The molecule has 0 saturated heterocycles. The summed E-state index contributed by atoms with van der Waals surface area (Å²) in [5.41, 5.74) is 1.59. The van der Waals surface area contributed by atoms with Gasteiger partial charge in [-0.25, -0.2) is 0 Å². The van der Waals surface area contributed by atoms with E-state index < -0.39 is 6.10 Å². The van der Waals surface area contributed by atoms with Gasteiger partial charge < -0.3 is 9.64 Å². The molecule has 1 amide bonds. The summed E-state index contributed by atoms with van der Waals surface area (Å²) >= 11 is 0. The van der Waals surface area contributed by atoms with Crippen molar-refractivity contribution in [2.75, 3.05) is 0 Å². The van der Waals surface area contributed by atoms with Crippen LogP contribution in [0.1, 0.15) is 43.9 Å². The lowest BCUT2D eigenvalue weighted by atomic mass is 10.1. The largest absolute Gasteiger partial charge is 0.481 e. The highest BCUT2D eigenvalue weighted by molar-refractivity contribution is 5.82. The van der Waals surface area contributed by atoms with Gasteiger partial charge in [-0.3, -0.25) is 9.78 Å². The number of carbonyl (C=O) groups is 1. The Balaban J connectivity index is 1.72. The molecule has 0 bridgehead atoms. The molecule has 0 aliphatic heterocycles. The van der Waals surface area contributed by atoms with Gasteiger partial charge in [-0.1, -0.05) is 6.07 Å². The molecule has 1 saturated carbocycles. The maximum atomic E-state index is 13.0. The minimum Gasteiger partial charge on any atom is -0.481 e. The van der Waals surface area contributed by atoms with Crippen LogP contribution in [0, 0.1) is 11.3 Å². The lowest BCUT2D eigenvalue weighted by Gasteiger charge is -2.32. The Morgan fingerprint density at radius 2 is 2.00 bits per heavy atom. The number of amides is 1. The first-order valence-corrected chi connectivity index (χ1v) is 8.49. The van der Waals surface area contributed by atoms with E-state index in [2.05, 4.69) is 11.1 Å². The van der Waals surface area contributed by atoms with Gasteiger partial charge in [0.25, 0.3) is 5.91 Å². The zero-order valence-electron chi connectivity index (χ0n) is 14.4. The monoisotopic (exact) mass is 335 g/mol. The second-order valence-electron chi connectivity index (χ2n) is 6.34. The molecule has 1 aliphatic carbocycles. The smallest absolute Gasteiger partial charge is 0.264 e. The van der Waals surface area contributed by atoms with Gasteiger partial charge in [-0.05, 0) is 62.6 Å². The molecule has 25 heavy (non-hydrogen) atoms. The summed E-state index contributed by atoms with van der Waals surface area (Å²) in [6, 6.07) is 13.0. The maximum absolute atomic E-state index is 13.0. The molecule has 1 fully saturated rings. The van der Waals surface area contributed by atoms with E-state index >= 15 is 0 Å². The topological polar surface area (TPSA) is 66.2 Å². The fraction of sp³-hybridized carbons (Fsp3) is 0.350. The van der Waals surface area contributed by atoms with Crippen LogP contribution < -0.4 is 4.74 Å². The van der Waals surface area contributed by atoms with E-state index in [1.165, 1.54) is 0 Å². The molecule has 3 rings (SSSR count). The van der Waals surface area contributed by atoms with Crippen molar-refractivity contribution in [3.63, 3.8) is 0 Å². The van der Waals surface area contributed by atoms with Gasteiger partial charge in [0.1, 0.15) is 5.75 Å². The van der Waals surface area contributed by atoms with Crippen molar-refractivity contribution in [1.29, 1.82) is 5.26 Å². The maximum Gasteiger partial charge on any atom is 0.264 e. The number of nitriles is 1. The van der Waals surface area contributed by atoms with Gasteiger partial charge in [-0.2, -0.15) is 5.26 Å². The minimum absolute atomic E-state index is 0.0248. The van der Waals surface area contributed by atoms with E-state index in [0.29, 0.717) is 11.3 Å². The Morgan fingerprint density at radius 3 is 2.56 bits per heavy atom. The summed E-state index contributed by atoms with van der Waals surface area (Å²) in [5, 5.41) is 8.85. The number of aromatic nitrogens is 1. The number of ether oxygens (including phenoxy) is 1. The van der Waals surface area contributed by atoms with E-state index in [-0.39, 0.29) is 18.0 Å². The summed E-state index contributed by atoms with van der Waals surface area (Å²) < 4.78 is 5.80. The molecule has 0 spiro atoms. The summed E-state index contributed by atoms with van der Waals surface area (Å²) in [7, 11) is 0. The number of nitrogens with zero attached hydrogens (tertiary/aromatic N) is 3. The van der Waals surface area contributed by atoms with Gasteiger partial charge in [0.15, 0.2) is 6.10 Å². The van der Waals surface area contributed by atoms with E-state index in [4.69, 9.17) is 10.00 Å². The summed E-state index contributed by atoms with van der Waals surface area (Å²) in [6.45, 7) is 3.80. The molecule has 1 aromatic heterocycles. The molecule has 5 nitrogen and oxygen atoms in total. The third-order valence-corrected chi connectivity index (χ3v) is 4.42. The molecule has 0 radical (unpaired) electrons. The van der Waals surface area contributed by atoms with Crippen LogP contribution in [0.4, 0.5) is 0 Å². The number of benzene rings is 1. The van der Waals surface area contributed by atoms with Crippen molar-refractivity contribution < 1.29 is 9.53 Å². The first kappa shape index (κ1) is 17.0. The Bertz CT molecular complexity index is 764. The lowest BCUT2D eigenvalue weighted by molar-refractivity contribution is -0.141. The van der Waals surface area contributed by atoms with Crippen LogP contribution in [0.25, 0.3) is 0 Å². The standard InChI is InChI=1S/C20H21N3O2/c1-14(17-4-3-11-22-13-17)23(18-7-8-18)20(24)15(2)25-19-9-5-16(12-21)6-10-19/h3-6,9-11,13-15,18H,7-8H2,1-2H3/t14-,15+/m0/s1. The van der Waals surface area contributed by atoms with E-state index in [9.17, 15) is 4.79 Å². The molecule has 1 aromatic carbocycles. The fourth-order valence-electron chi connectivity index (χ4n) is 2.90. The third-order valence-electron chi connectivity index (χ3n) is 4.42. The predicted octanol–water partition coefficient (Wildman–Crippen LogP) is 3.47. The zero-order valence-corrected chi connectivity index (χ0v) is 14.4. The quantitative estimate of drug-likeness (QED) is 0.811. The van der Waals surface area contributed by atoms with E-state index in [1.54, 1.807) is 43.6 Å². The normalized spacial score (nSPS) is 15.7. The number of pyridine rings is 1. The van der Waals surface area contributed by atoms with Crippen LogP contribution in [-0.4, -0.2) is 27.9 Å². The predicted molar refractivity (Wildman–Crippen MR) is 93.8 cm³/mol. The van der Waals surface area contributed by atoms with Gasteiger partial charge >= 0.3 is 0 Å². The lowest BCUT2D eigenvalue weighted by Crippen LogP contribution is -2.43. The third kappa shape index (κ3) is 3.97. The summed E-state index contributed by atoms with van der Waals surface area (Å²) in [6.07, 6.45) is 5.00. The van der Waals surface area contributed by atoms with Crippen molar-refractivity contribution in [3.05, 3.63) is 59.9 Å². The Kier molecular flexibility index (Phi) is 4.99. The molecule has 0 unspecified atom stereocenters. The van der Waals surface area contributed by atoms with Crippen LogP contribution >= 0.6 is 0 Å². The van der Waals surface area contributed by atoms with Crippen LogP contribution in [-0.2, 0) is 4.79 Å². The van der Waals surface area contributed by atoms with E-state index in [1.807, 2.05) is 24.0 Å². The van der Waals surface area contributed by atoms with Crippen molar-refractivity contribution in [1.82, 2.24) is 9.88 Å². The molecule has 1 aliphatic rings. The molecule has 5 heteroatoms. The average molecular weight is 335 g/mol. The second-order valence-corrected chi connectivity index (χ2v) is 6.34. The average Bonchev–Trinajstić information content (AvgIpc) is 3.48. The van der Waals surface area contributed by atoms with Crippen LogP contribution in [0.5, 0.6) is 5.75 Å². The highest BCUT2D eigenvalue weighted by Gasteiger charge is 2.38. The molecule has 2 aromatic rings. The number of hydrogen-bond acceptors (Lipinski definition) is 4. The molecule has 1 heterocycles. The van der Waals surface area contributed by atoms with Crippen LogP contribution in [0.15, 0.2) is 48.8 Å². The van der Waals surface area contributed by atoms with Gasteiger partial charge in [-0.15, -0.1) is 0 Å². The van der Waals surface area contributed by atoms with Gasteiger partial charge in [0, 0.05) is 18.4 Å². The fourth-order valence-corrected chi connectivity index (χ4v) is 2.90. The van der Waals surface area contributed by atoms with Crippen LogP contribution in [0.2, 0.25) is 0 Å². The number of rotatable bonds is 6. The Labute approximate surface area is 147 Å².